The average Bonchev–Trinajstić information content (AvgIpc) is 2.64. The SMILES string of the molecule is O=C(CN1CCCCC1)N[C@@H]1CCOC[C@H]1Oc1ccc(C(=O)O)cc1. The number of carbonyl (C=O) groups excluding carboxylic acids is 1. The molecule has 0 spiro atoms. The molecule has 0 bridgehead atoms. The van der Waals surface area contributed by atoms with E-state index in [-0.39, 0.29) is 23.6 Å². The monoisotopic (exact) mass is 362 g/mol. The second-order valence-corrected chi connectivity index (χ2v) is 6.86. The summed E-state index contributed by atoms with van der Waals surface area (Å²) in [4.78, 5) is 25.5. The van der Waals surface area contributed by atoms with Gasteiger partial charge in [0.15, 0.2) is 0 Å². The van der Waals surface area contributed by atoms with Crippen LogP contribution in [0.3, 0.4) is 0 Å². The fraction of sp³-hybridized carbons (Fsp3) is 0.579. The number of hydrogen-bond donors (Lipinski definition) is 2. The van der Waals surface area contributed by atoms with Crippen LogP contribution < -0.4 is 10.1 Å². The van der Waals surface area contributed by atoms with Gasteiger partial charge in [0.25, 0.3) is 0 Å². The molecule has 2 saturated heterocycles. The molecule has 2 fully saturated rings. The molecule has 7 heteroatoms. The number of carboxylic acid groups (broad SMARTS) is 1. The third-order valence-electron chi connectivity index (χ3n) is 4.86. The lowest BCUT2D eigenvalue weighted by molar-refractivity contribution is -0.125. The first kappa shape index (κ1) is 18.7. The number of amides is 1. The highest BCUT2D eigenvalue weighted by atomic mass is 16.5. The third-order valence-corrected chi connectivity index (χ3v) is 4.86. The van der Waals surface area contributed by atoms with Crippen molar-refractivity contribution in [1.82, 2.24) is 10.2 Å². The lowest BCUT2D eigenvalue weighted by Crippen LogP contribution is -2.53. The molecule has 1 amide bonds. The Labute approximate surface area is 153 Å². The second-order valence-electron chi connectivity index (χ2n) is 6.86. The van der Waals surface area contributed by atoms with Gasteiger partial charge in [0.05, 0.1) is 24.8 Å². The summed E-state index contributed by atoms with van der Waals surface area (Å²) in [6.07, 6.45) is 3.97. The molecule has 0 aromatic heterocycles. The molecule has 2 aliphatic heterocycles. The van der Waals surface area contributed by atoms with Crippen LogP contribution in [0.15, 0.2) is 24.3 Å². The number of rotatable bonds is 6. The Kier molecular flexibility index (Phi) is 6.46. The summed E-state index contributed by atoms with van der Waals surface area (Å²) in [7, 11) is 0. The average molecular weight is 362 g/mol. The molecular weight excluding hydrogens is 336 g/mol. The van der Waals surface area contributed by atoms with Crippen LogP contribution in [-0.4, -0.2) is 66.9 Å². The van der Waals surface area contributed by atoms with Crippen molar-refractivity contribution in [3.63, 3.8) is 0 Å². The predicted octanol–water partition coefficient (Wildman–Crippen LogP) is 1.52. The van der Waals surface area contributed by atoms with Gasteiger partial charge in [-0.05, 0) is 56.6 Å². The number of hydrogen-bond acceptors (Lipinski definition) is 5. The molecule has 0 aliphatic carbocycles. The van der Waals surface area contributed by atoms with E-state index in [2.05, 4.69) is 10.2 Å². The van der Waals surface area contributed by atoms with Gasteiger partial charge in [0.2, 0.25) is 5.91 Å². The number of nitrogens with one attached hydrogen (secondary N) is 1. The van der Waals surface area contributed by atoms with Crippen molar-refractivity contribution in [1.29, 1.82) is 0 Å². The topological polar surface area (TPSA) is 88.1 Å². The summed E-state index contributed by atoms with van der Waals surface area (Å²) in [5, 5.41) is 12.0. The van der Waals surface area contributed by atoms with E-state index < -0.39 is 5.97 Å². The van der Waals surface area contributed by atoms with Crippen LogP contribution >= 0.6 is 0 Å². The van der Waals surface area contributed by atoms with Crippen molar-refractivity contribution in [3.05, 3.63) is 29.8 Å². The van der Waals surface area contributed by atoms with E-state index in [4.69, 9.17) is 14.6 Å². The first-order valence-corrected chi connectivity index (χ1v) is 9.21. The molecule has 2 N–H and O–H groups in total. The molecule has 2 heterocycles. The lowest BCUT2D eigenvalue weighted by atomic mass is 10.1. The summed E-state index contributed by atoms with van der Waals surface area (Å²) < 4.78 is 11.4. The van der Waals surface area contributed by atoms with E-state index in [9.17, 15) is 9.59 Å². The molecule has 1 aromatic carbocycles. The number of aromatic carboxylic acids is 1. The minimum atomic E-state index is -0.972. The Bertz CT molecular complexity index is 613. The number of carboxylic acids is 1. The zero-order chi connectivity index (χ0) is 18.4. The van der Waals surface area contributed by atoms with Gasteiger partial charge in [-0.3, -0.25) is 9.69 Å². The summed E-state index contributed by atoms with van der Waals surface area (Å²) >= 11 is 0. The van der Waals surface area contributed by atoms with Crippen molar-refractivity contribution in [2.75, 3.05) is 32.8 Å². The minimum Gasteiger partial charge on any atom is -0.486 e. The van der Waals surface area contributed by atoms with Crippen molar-refractivity contribution < 1.29 is 24.2 Å². The van der Waals surface area contributed by atoms with Crippen molar-refractivity contribution in [3.8, 4) is 5.75 Å². The van der Waals surface area contributed by atoms with E-state index >= 15 is 0 Å². The molecule has 3 rings (SSSR count). The smallest absolute Gasteiger partial charge is 0.335 e. The maximum Gasteiger partial charge on any atom is 0.335 e. The van der Waals surface area contributed by atoms with E-state index in [1.165, 1.54) is 18.6 Å². The van der Waals surface area contributed by atoms with Gasteiger partial charge >= 0.3 is 5.97 Å². The Morgan fingerprint density at radius 3 is 2.62 bits per heavy atom. The van der Waals surface area contributed by atoms with Gasteiger partial charge in [-0.1, -0.05) is 6.42 Å². The lowest BCUT2D eigenvalue weighted by Gasteiger charge is -2.33. The summed E-state index contributed by atoms with van der Waals surface area (Å²) in [5.74, 6) is -0.380. The Morgan fingerprint density at radius 2 is 1.92 bits per heavy atom. The maximum atomic E-state index is 12.4. The number of nitrogens with zero attached hydrogens (tertiary/aromatic N) is 1. The molecule has 0 unspecified atom stereocenters. The summed E-state index contributed by atoms with van der Waals surface area (Å²) in [5.41, 5.74) is 0.212. The molecule has 0 saturated carbocycles. The molecule has 0 radical (unpaired) electrons. The standard InChI is InChI=1S/C19H26N2O5/c22-18(12-21-9-2-1-3-10-21)20-16-8-11-25-13-17(16)26-15-6-4-14(5-7-15)19(23)24/h4-7,16-17H,1-3,8-13H2,(H,20,22)(H,23,24)/t16-,17-/m1/s1. The van der Waals surface area contributed by atoms with Crippen molar-refractivity contribution >= 4 is 11.9 Å². The zero-order valence-electron chi connectivity index (χ0n) is 14.9. The van der Waals surface area contributed by atoms with Crippen molar-refractivity contribution in [2.45, 2.75) is 37.8 Å². The molecule has 142 valence electrons. The van der Waals surface area contributed by atoms with Crippen LogP contribution in [0.25, 0.3) is 0 Å². The molecule has 7 nitrogen and oxygen atoms in total. The fourth-order valence-corrected chi connectivity index (χ4v) is 3.42. The van der Waals surface area contributed by atoms with Gasteiger partial charge in [-0.2, -0.15) is 0 Å². The Balaban J connectivity index is 1.54. The Hall–Kier alpha value is -2.12. The first-order chi connectivity index (χ1) is 12.6. The van der Waals surface area contributed by atoms with E-state index in [1.807, 2.05) is 0 Å². The normalized spacial score (nSPS) is 24.0. The van der Waals surface area contributed by atoms with Crippen LogP contribution in [0.4, 0.5) is 0 Å². The molecule has 2 aliphatic rings. The number of carbonyl (C=O) groups is 2. The van der Waals surface area contributed by atoms with Crippen molar-refractivity contribution in [2.24, 2.45) is 0 Å². The summed E-state index contributed by atoms with van der Waals surface area (Å²) in [6.45, 7) is 3.38. The number of benzene rings is 1. The highest BCUT2D eigenvalue weighted by Crippen LogP contribution is 2.19. The van der Waals surface area contributed by atoms with E-state index in [0.29, 0.717) is 31.9 Å². The largest absolute Gasteiger partial charge is 0.486 e. The molecule has 26 heavy (non-hydrogen) atoms. The highest BCUT2D eigenvalue weighted by Gasteiger charge is 2.29. The molecule has 2 atom stereocenters. The molecular formula is C19H26N2O5. The first-order valence-electron chi connectivity index (χ1n) is 9.21. The van der Waals surface area contributed by atoms with Crippen LogP contribution in [0.5, 0.6) is 5.75 Å². The number of piperidine rings is 1. The zero-order valence-corrected chi connectivity index (χ0v) is 14.9. The quantitative estimate of drug-likeness (QED) is 0.798. The van der Waals surface area contributed by atoms with Gasteiger partial charge in [-0.15, -0.1) is 0 Å². The third kappa shape index (κ3) is 5.19. The van der Waals surface area contributed by atoms with E-state index in [0.717, 1.165) is 25.9 Å². The number of ether oxygens (including phenoxy) is 2. The predicted molar refractivity (Wildman–Crippen MR) is 95.5 cm³/mol. The summed E-state index contributed by atoms with van der Waals surface area (Å²) in [6, 6.07) is 6.16. The van der Waals surface area contributed by atoms with Crippen LogP contribution in [0.2, 0.25) is 0 Å². The van der Waals surface area contributed by atoms with Crippen LogP contribution in [0.1, 0.15) is 36.0 Å². The maximum absolute atomic E-state index is 12.4. The Morgan fingerprint density at radius 1 is 1.19 bits per heavy atom. The van der Waals surface area contributed by atoms with E-state index in [1.54, 1.807) is 12.1 Å². The van der Waals surface area contributed by atoms with Gasteiger partial charge < -0.3 is 19.9 Å². The fourth-order valence-electron chi connectivity index (χ4n) is 3.42. The van der Waals surface area contributed by atoms with Gasteiger partial charge in [0.1, 0.15) is 11.9 Å². The molecule has 1 aromatic rings. The number of likely N-dealkylation sites (tertiary alicyclic amines) is 1. The van der Waals surface area contributed by atoms with Crippen LogP contribution in [0, 0.1) is 0 Å². The highest BCUT2D eigenvalue weighted by molar-refractivity contribution is 5.87. The minimum absolute atomic E-state index is 0.0219. The van der Waals surface area contributed by atoms with Gasteiger partial charge in [-0.25, -0.2) is 4.79 Å². The van der Waals surface area contributed by atoms with Gasteiger partial charge in [0, 0.05) is 6.61 Å². The second kappa shape index (κ2) is 9.00. The van der Waals surface area contributed by atoms with Crippen LogP contribution in [-0.2, 0) is 9.53 Å².